The first-order valence-corrected chi connectivity index (χ1v) is 6.26. The summed E-state index contributed by atoms with van der Waals surface area (Å²) < 4.78 is 1.83. The van der Waals surface area contributed by atoms with Crippen molar-refractivity contribution >= 4 is 5.82 Å². The van der Waals surface area contributed by atoms with Gasteiger partial charge in [0.15, 0.2) is 0 Å². The zero-order valence-electron chi connectivity index (χ0n) is 10.5. The van der Waals surface area contributed by atoms with Crippen molar-refractivity contribution in [1.82, 2.24) is 9.78 Å². The molecular formula is C16H15N3. The van der Waals surface area contributed by atoms with Crippen LogP contribution < -0.4 is 5.73 Å². The van der Waals surface area contributed by atoms with E-state index >= 15 is 0 Å². The van der Waals surface area contributed by atoms with Crippen molar-refractivity contribution < 1.29 is 0 Å². The molecule has 2 N–H and O–H groups in total. The maximum Gasteiger partial charge on any atom is 0.145 e. The summed E-state index contributed by atoms with van der Waals surface area (Å²) in [6.07, 6.45) is 2.77. The molecule has 0 amide bonds. The molecule has 0 saturated heterocycles. The van der Waals surface area contributed by atoms with Crippen molar-refractivity contribution in [2.24, 2.45) is 0 Å². The van der Waals surface area contributed by atoms with Gasteiger partial charge in [-0.2, -0.15) is 5.10 Å². The number of nitrogens with zero attached hydrogens (tertiary/aromatic N) is 2. The van der Waals surface area contributed by atoms with Gasteiger partial charge in [-0.05, 0) is 23.6 Å². The number of nitrogens with two attached hydrogens (primary N) is 1. The number of nitrogen functional groups attached to an aromatic ring is 1. The van der Waals surface area contributed by atoms with Crippen LogP contribution in [0.4, 0.5) is 5.82 Å². The molecule has 0 spiro atoms. The first-order chi connectivity index (χ1) is 9.33. The summed E-state index contributed by atoms with van der Waals surface area (Å²) in [6, 6.07) is 20.5. The van der Waals surface area contributed by atoms with Crippen molar-refractivity contribution in [2.45, 2.75) is 6.42 Å². The Labute approximate surface area is 112 Å². The highest BCUT2D eigenvalue weighted by Gasteiger charge is 2.05. The van der Waals surface area contributed by atoms with Gasteiger partial charge < -0.3 is 5.73 Å². The highest BCUT2D eigenvalue weighted by Crippen LogP contribution is 2.18. The Morgan fingerprint density at radius 2 is 1.63 bits per heavy atom. The highest BCUT2D eigenvalue weighted by molar-refractivity contribution is 5.44. The van der Waals surface area contributed by atoms with Crippen LogP contribution in [-0.2, 0) is 6.42 Å². The number of para-hydroxylation sites is 1. The van der Waals surface area contributed by atoms with Crippen LogP contribution in [0.1, 0.15) is 11.1 Å². The number of aromatic nitrogens is 2. The minimum Gasteiger partial charge on any atom is -0.382 e. The topological polar surface area (TPSA) is 43.8 Å². The molecule has 0 bridgehead atoms. The molecule has 0 radical (unpaired) electrons. The zero-order chi connectivity index (χ0) is 13.1. The second kappa shape index (κ2) is 4.98. The minimum absolute atomic E-state index is 0.537. The van der Waals surface area contributed by atoms with Crippen LogP contribution in [0.15, 0.2) is 66.9 Å². The van der Waals surface area contributed by atoms with Crippen molar-refractivity contribution in [2.75, 3.05) is 5.73 Å². The summed E-state index contributed by atoms with van der Waals surface area (Å²) in [5.74, 6) is 0.537. The van der Waals surface area contributed by atoms with E-state index in [1.807, 2.05) is 23.0 Å². The van der Waals surface area contributed by atoms with Gasteiger partial charge in [-0.3, -0.25) is 0 Å². The first kappa shape index (κ1) is 11.5. The van der Waals surface area contributed by atoms with E-state index in [1.54, 1.807) is 6.07 Å². The molecule has 3 aromatic rings. The maximum absolute atomic E-state index is 5.69. The average molecular weight is 249 g/mol. The molecule has 2 aromatic carbocycles. The molecule has 3 rings (SSSR count). The molecule has 1 heterocycles. The van der Waals surface area contributed by atoms with Crippen LogP contribution in [0.2, 0.25) is 0 Å². The van der Waals surface area contributed by atoms with E-state index < -0.39 is 0 Å². The van der Waals surface area contributed by atoms with E-state index in [0.717, 1.165) is 12.1 Å². The Kier molecular flexibility index (Phi) is 3.02. The summed E-state index contributed by atoms with van der Waals surface area (Å²) in [5.41, 5.74) is 9.28. The number of rotatable bonds is 3. The molecule has 0 aliphatic rings. The lowest BCUT2D eigenvalue weighted by molar-refractivity contribution is 0.871. The third kappa shape index (κ3) is 2.50. The molecular weight excluding hydrogens is 234 g/mol. The van der Waals surface area contributed by atoms with E-state index in [-0.39, 0.29) is 0 Å². The Morgan fingerprint density at radius 1 is 0.895 bits per heavy atom. The van der Waals surface area contributed by atoms with Crippen LogP contribution in [0.25, 0.3) is 5.69 Å². The van der Waals surface area contributed by atoms with Gasteiger partial charge in [0, 0.05) is 12.3 Å². The monoisotopic (exact) mass is 249 g/mol. The fraction of sp³-hybridized carbons (Fsp3) is 0.0625. The number of hydrogen-bond acceptors (Lipinski definition) is 2. The van der Waals surface area contributed by atoms with E-state index in [1.165, 1.54) is 11.1 Å². The third-order valence-corrected chi connectivity index (χ3v) is 3.09. The molecule has 0 atom stereocenters. The Balaban J connectivity index is 1.98. The fourth-order valence-corrected chi connectivity index (χ4v) is 2.17. The van der Waals surface area contributed by atoms with Crippen LogP contribution >= 0.6 is 0 Å². The van der Waals surface area contributed by atoms with Gasteiger partial charge in [0.1, 0.15) is 5.82 Å². The van der Waals surface area contributed by atoms with Gasteiger partial charge in [0.2, 0.25) is 0 Å². The van der Waals surface area contributed by atoms with Crippen molar-refractivity contribution in [1.29, 1.82) is 0 Å². The lowest BCUT2D eigenvalue weighted by atomic mass is 10.0. The third-order valence-electron chi connectivity index (χ3n) is 3.09. The van der Waals surface area contributed by atoms with Crippen LogP contribution in [0, 0.1) is 0 Å². The molecule has 3 heteroatoms. The minimum atomic E-state index is 0.537. The SMILES string of the molecule is Nc1ccn(-c2ccccc2Cc2ccccc2)n1. The summed E-state index contributed by atoms with van der Waals surface area (Å²) >= 11 is 0. The van der Waals surface area contributed by atoms with Crippen LogP contribution in [0.5, 0.6) is 0 Å². The maximum atomic E-state index is 5.69. The van der Waals surface area contributed by atoms with E-state index in [2.05, 4.69) is 47.6 Å². The van der Waals surface area contributed by atoms with Gasteiger partial charge in [0.05, 0.1) is 5.69 Å². The number of hydrogen-bond donors (Lipinski definition) is 1. The molecule has 0 aliphatic heterocycles. The van der Waals surface area contributed by atoms with Gasteiger partial charge in [0.25, 0.3) is 0 Å². The molecule has 3 nitrogen and oxygen atoms in total. The van der Waals surface area contributed by atoms with Crippen molar-refractivity contribution in [3.05, 3.63) is 78.0 Å². The molecule has 0 fully saturated rings. The lowest BCUT2D eigenvalue weighted by Crippen LogP contribution is -2.01. The average Bonchev–Trinajstić information content (AvgIpc) is 2.87. The van der Waals surface area contributed by atoms with Crippen molar-refractivity contribution in [3.8, 4) is 5.69 Å². The van der Waals surface area contributed by atoms with E-state index in [0.29, 0.717) is 5.82 Å². The van der Waals surface area contributed by atoms with Gasteiger partial charge in [-0.15, -0.1) is 0 Å². The van der Waals surface area contributed by atoms with Gasteiger partial charge >= 0.3 is 0 Å². The molecule has 0 unspecified atom stereocenters. The molecule has 19 heavy (non-hydrogen) atoms. The second-order valence-electron chi connectivity index (χ2n) is 4.48. The summed E-state index contributed by atoms with van der Waals surface area (Å²) in [4.78, 5) is 0. The smallest absolute Gasteiger partial charge is 0.145 e. The van der Waals surface area contributed by atoms with E-state index in [9.17, 15) is 0 Å². The summed E-state index contributed by atoms with van der Waals surface area (Å²) in [5, 5.41) is 4.28. The quantitative estimate of drug-likeness (QED) is 0.775. The van der Waals surface area contributed by atoms with E-state index in [4.69, 9.17) is 5.73 Å². The molecule has 94 valence electrons. The number of benzene rings is 2. The fourth-order valence-electron chi connectivity index (χ4n) is 2.17. The first-order valence-electron chi connectivity index (χ1n) is 6.26. The van der Waals surface area contributed by atoms with Gasteiger partial charge in [-0.25, -0.2) is 4.68 Å². The Morgan fingerprint density at radius 3 is 2.37 bits per heavy atom. The summed E-state index contributed by atoms with van der Waals surface area (Å²) in [7, 11) is 0. The van der Waals surface area contributed by atoms with Crippen LogP contribution in [-0.4, -0.2) is 9.78 Å². The Hall–Kier alpha value is -2.55. The zero-order valence-corrected chi connectivity index (χ0v) is 10.5. The normalized spacial score (nSPS) is 10.5. The summed E-state index contributed by atoms with van der Waals surface area (Å²) in [6.45, 7) is 0. The standard InChI is InChI=1S/C16H15N3/c17-16-10-11-19(18-16)15-9-5-4-8-14(15)12-13-6-2-1-3-7-13/h1-11H,12H2,(H2,17,18). The Bertz CT molecular complexity index is 671. The van der Waals surface area contributed by atoms with Crippen molar-refractivity contribution in [3.63, 3.8) is 0 Å². The second-order valence-corrected chi connectivity index (χ2v) is 4.48. The largest absolute Gasteiger partial charge is 0.382 e. The predicted octanol–water partition coefficient (Wildman–Crippen LogP) is 3.05. The van der Waals surface area contributed by atoms with Gasteiger partial charge in [-0.1, -0.05) is 48.5 Å². The predicted molar refractivity (Wildman–Crippen MR) is 77.2 cm³/mol. The molecule has 0 saturated carbocycles. The highest BCUT2D eigenvalue weighted by atomic mass is 15.3. The molecule has 1 aromatic heterocycles. The van der Waals surface area contributed by atoms with Crippen LogP contribution in [0.3, 0.4) is 0 Å². The number of anilines is 1. The lowest BCUT2D eigenvalue weighted by Gasteiger charge is -2.09. The molecule has 0 aliphatic carbocycles.